The fourth-order valence-electron chi connectivity index (χ4n) is 7.34. The van der Waals surface area contributed by atoms with Crippen molar-refractivity contribution in [1.82, 2.24) is 0 Å². The molecule has 0 amide bonds. The Kier molecular flexibility index (Phi) is 50.0. The summed E-state index contributed by atoms with van der Waals surface area (Å²) in [5.74, 6) is -1.52. The number of hydrogen-bond acceptors (Lipinski definition) is 10. The lowest BCUT2D eigenvalue weighted by molar-refractivity contribution is -0.161. The summed E-state index contributed by atoms with van der Waals surface area (Å²) in [6, 6.07) is 0. The van der Waals surface area contributed by atoms with Crippen molar-refractivity contribution < 1.29 is 52.2 Å². The molecule has 404 valence electrons. The summed E-state index contributed by atoms with van der Waals surface area (Å²) in [5, 5.41) is 9.80. The molecule has 0 aromatic rings. The molecule has 0 aromatic carbocycles. The van der Waals surface area contributed by atoms with Crippen LogP contribution in [0.4, 0.5) is 0 Å². The van der Waals surface area contributed by atoms with Gasteiger partial charge in [0.05, 0.1) is 19.8 Å². The molecule has 2 N–H and O–H groups in total. The lowest BCUT2D eigenvalue weighted by Gasteiger charge is -2.21. The van der Waals surface area contributed by atoms with E-state index >= 15 is 0 Å². The molecule has 70 heavy (non-hydrogen) atoms. The van der Waals surface area contributed by atoms with E-state index in [1.807, 2.05) is 0 Å². The van der Waals surface area contributed by atoms with Gasteiger partial charge < -0.3 is 24.2 Å². The van der Waals surface area contributed by atoms with Crippen molar-refractivity contribution in [1.29, 1.82) is 0 Å². The molecule has 0 bridgehead atoms. The Morgan fingerprint density at radius 2 is 0.743 bits per heavy atom. The average Bonchev–Trinajstić information content (AvgIpc) is 3.35. The molecule has 3 atom stereocenters. The van der Waals surface area contributed by atoms with Crippen molar-refractivity contribution in [3.05, 3.63) is 72.9 Å². The maximum atomic E-state index is 12.9. The topological polar surface area (TPSA) is 155 Å². The van der Waals surface area contributed by atoms with Crippen LogP contribution in [-0.4, -0.2) is 66.5 Å². The zero-order valence-corrected chi connectivity index (χ0v) is 45.4. The van der Waals surface area contributed by atoms with Gasteiger partial charge in [-0.3, -0.25) is 23.4 Å². The molecular weight excluding hydrogens is 904 g/mol. The predicted octanol–water partition coefficient (Wildman–Crippen LogP) is 16.1. The van der Waals surface area contributed by atoms with Gasteiger partial charge in [0.15, 0.2) is 6.10 Å². The van der Waals surface area contributed by atoms with Gasteiger partial charge in [-0.25, -0.2) is 4.57 Å². The third-order valence-electron chi connectivity index (χ3n) is 11.6. The van der Waals surface area contributed by atoms with Crippen molar-refractivity contribution >= 4 is 25.7 Å². The summed E-state index contributed by atoms with van der Waals surface area (Å²) in [7, 11) is -4.76. The van der Waals surface area contributed by atoms with Gasteiger partial charge in [0.1, 0.15) is 12.7 Å². The minimum absolute atomic E-state index is 0.143. The average molecular weight is 1010 g/mol. The molecular formula is C58H101O11P. The Labute approximate surface area is 427 Å². The van der Waals surface area contributed by atoms with Crippen LogP contribution in [0.15, 0.2) is 72.9 Å². The number of hydrogen-bond donors (Lipinski definition) is 2. The SMILES string of the molecule is CC/C=C\C/C=C\C/C=C\CCCCCC(=O)OCC(COP(=O)(O)OCC(CO)OC(=O)CCCCCCC/C=C\CCCCCCCC)OC(=O)CCCCCCC/C=C\C/C=C\CCCCC. The van der Waals surface area contributed by atoms with E-state index in [4.69, 9.17) is 23.3 Å². The third kappa shape index (κ3) is 49.9. The monoisotopic (exact) mass is 1000 g/mol. The maximum Gasteiger partial charge on any atom is 0.472 e. The molecule has 0 radical (unpaired) electrons. The minimum Gasteiger partial charge on any atom is -0.462 e. The molecule has 0 saturated carbocycles. The third-order valence-corrected chi connectivity index (χ3v) is 12.5. The standard InChI is InChI=1S/C58H101O11P/c1-4-7-10-13-16-19-22-25-27-30-33-36-39-42-45-48-57(61)68-54(50-59)52-66-70(63,64)67-53-55(51-65-56(60)47-44-41-38-35-32-29-24-21-18-15-12-9-6-3)69-58(62)49-46-43-40-37-34-31-28-26-23-20-17-14-11-8-5-2/h9,12,17-18,20-21,25-29,32,54-55,59H,4-8,10-11,13-16,19,22-24,30-31,33-53H2,1-3H3,(H,63,64)/b12-9-,20-17-,21-18-,27-25-,28-26-,32-29-. The Hall–Kier alpha value is -3.08. The number of carbonyl (C=O) groups excluding carboxylic acids is 3. The van der Waals surface area contributed by atoms with Gasteiger partial charge in [-0.15, -0.1) is 0 Å². The first-order valence-corrected chi connectivity index (χ1v) is 29.3. The molecule has 0 aliphatic heterocycles. The number of carbonyl (C=O) groups is 3. The van der Waals surface area contributed by atoms with E-state index < -0.39 is 57.8 Å². The summed E-state index contributed by atoms with van der Waals surface area (Å²) in [6.45, 7) is 4.44. The molecule has 3 unspecified atom stereocenters. The molecule has 0 aliphatic rings. The van der Waals surface area contributed by atoms with Crippen LogP contribution in [0.2, 0.25) is 0 Å². The molecule has 0 aromatic heterocycles. The fourth-order valence-corrected chi connectivity index (χ4v) is 8.12. The van der Waals surface area contributed by atoms with E-state index in [0.717, 1.165) is 122 Å². The van der Waals surface area contributed by atoms with E-state index in [-0.39, 0.29) is 25.9 Å². The maximum absolute atomic E-state index is 12.9. The van der Waals surface area contributed by atoms with Crippen LogP contribution in [0.5, 0.6) is 0 Å². The molecule has 0 heterocycles. The number of aliphatic hydroxyl groups is 1. The second kappa shape index (κ2) is 52.2. The highest BCUT2D eigenvalue weighted by Gasteiger charge is 2.28. The number of phosphoric ester groups is 1. The van der Waals surface area contributed by atoms with Crippen LogP contribution in [0.1, 0.15) is 239 Å². The number of allylic oxidation sites excluding steroid dienone is 12. The van der Waals surface area contributed by atoms with E-state index in [0.29, 0.717) is 19.3 Å². The fraction of sp³-hybridized carbons (Fsp3) is 0.741. The van der Waals surface area contributed by atoms with Gasteiger partial charge in [-0.05, 0) is 109 Å². The smallest absolute Gasteiger partial charge is 0.462 e. The summed E-state index contributed by atoms with van der Waals surface area (Å²) < 4.78 is 39.4. The molecule has 12 heteroatoms. The zero-order chi connectivity index (χ0) is 51.3. The molecule has 0 rings (SSSR count). The van der Waals surface area contributed by atoms with Crippen molar-refractivity contribution in [2.75, 3.05) is 26.4 Å². The number of ether oxygens (including phenoxy) is 3. The second-order valence-electron chi connectivity index (χ2n) is 18.4. The number of rotatable bonds is 51. The van der Waals surface area contributed by atoms with Crippen molar-refractivity contribution in [3.63, 3.8) is 0 Å². The van der Waals surface area contributed by atoms with Gasteiger partial charge in [-0.1, -0.05) is 184 Å². The largest absolute Gasteiger partial charge is 0.472 e. The van der Waals surface area contributed by atoms with Crippen molar-refractivity contribution in [3.8, 4) is 0 Å². The van der Waals surface area contributed by atoms with E-state index in [1.165, 1.54) is 57.8 Å². The quantitative estimate of drug-likeness (QED) is 0.0197. The van der Waals surface area contributed by atoms with E-state index in [9.17, 15) is 28.9 Å². The lowest BCUT2D eigenvalue weighted by atomic mass is 10.1. The Morgan fingerprint density at radius 3 is 1.20 bits per heavy atom. The van der Waals surface area contributed by atoms with Crippen LogP contribution < -0.4 is 0 Å². The van der Waals surface area contributed by atoms with Crippen LogP contribution in [0.3, 0.4) is 0 Å². The van der Waals surface area contributed by atoms with Gasteiger partial charge in [0.2, 0.25) is 0 Å². The predicted molar refractivity (Wildman–Crippen MR) is 288 cm³/mol. The van der Waals surface area contributed by atoms with Crippen LogP contribution >= 0.6 is 7.82 Å². The van der Waals surface area contributed by atoms with Crippen molar-refractivity contribution in [2.45, 2.75) is 251 Å². The van der Waals surface area contributed by atoms with Crippen molar-refractivity contribution in [2.24, 2.45) is 0 Å². The minimum atomic E-state index is -4.76. The number of esters is 3. The highest BCUT2D eigenvalue weighted by Crippen LogP contribution is 2.43. The van der Waals surface area contributed by atoms with Gasteiger partial charge in [-0.2, -0.15) is 0 Å². The number of aliphatic hydroxyl groups excluding tert-OH is 1. The summed E-state index contributed by atoms with van der Waals surface area (Å²) in [4.78, 5) is 48.4. The summed E-state index contributed by atoms with van der Waals surface area (Å²) in [6.07, 6.45) is 57.2. The summed E-state index contributed by atoms with van der Waals surface area (Å²) in [5.41, 5.74) is 0. The second-order valence-corrected chi connectivity index (χ2v) is 19.8. The molecule has 0 aliphatic carbocycles. The molecule has 0 saturated heterocycles. The van der Waals surface area contributed by atoms with Gasteiger partial charge in [0, 0.05) is 19.3 Å². The van der Waals surface area contributed by atoms with Gasteiger partial charge >= 0.3 is 25.7 Å². The Balaban J connectivity index is 4.77. The number of phosphoric acid groups is 1. The van der Waals surface area contributed by atoms with E-state index in [2.05, 4.69) is 93.7 Å². The van der Waals surface area contributed by atoms with Crippen LogP contribution in [0.25, 0.3) is 0 Å². The lowest BCUT2D eigenvalue weighted by Crippen LogP contribution is -2.30. The Morgan fingerprint density at radius 1 is 0.414 bits per heavy atom. The van der Waals surface area contributed by atoms with Crippen LogP contribution in [-0.2, 0) is 42.2 Å². The molecule has 0 fully saturated rings. The zero-order valence-electron chi connectivity index (χ0n) is 44.5. The normalized spacial score (nSPS) is 14.0. The Bertz CT molecular complexity index is 1450. The highest BCUT2D eigenvalue weighted by molar-refractivity contribution is 7.47. The highest BCUT2D eigenvalue weighted by atomic mass is 31.2. The first-order valence-electron chi connectivity index (χ1n) is 27.8. The first kappa shape index (κ1) is 66.9. The summed E-state index contributed by atoms with van der Waals surface area (Å²) >= 11 is 0. The van der Waals surface area contributed by atoms with Gasteiger partial charge in [0.25, 0.3) is 0 Å². The number of unbranched alkanes of at least 4 members (excludes halogenated alkanes) is 22. The molecule has 0 spiro atoms. The molecule has 11 nitrogen and oxygen atoms in total. The first-order chi connectivity index (χ1) is 34.2. The van der Waals surface area contributed by atoms with E-state index in [1.54, 1.807) is 0 Å². The van der Waals surface area contributed by atoms with Crippen LogP contribution in [0, 0.1) is 0 Å².